The van der Waals surface area contributed by atoms with Gasteiger partial charge in [-0.2, -0.15) is 0 Å². The van der Waals surface area contributed by atoms with E-state index in [1.165, 1.54) is 43.0 Å². The van der Waals surface area contributed by atoms with Gasteiger partial charge in [0.15, 0.2) is 0 Å². The average Bonchev–Trinajstić information content (AvgIpc) is 3.07. The molecule has 7 heteroatoms. The van der Waals surface area contributed by atoms with Crippen LogP contribution in [0.4, 0.5) is 0 Å². The van der Waals surface area contributed by atoms with Gasteiger partial charge in [-0.15, -0.1) is 0 Å². The third-order valence-corrected chi connectivity index (χ3v) is 14.9. The molecule has 0 aliphatic heterocycles. The van der Waals surface area contributed by atoms with E-state index < -0.39 is 18.1 Å². The van der Waals surface area contributed by atoms with Gasteiger partial charge in [0.1, 0.15) is 23.0 Å². The largest absolute Gasteiger partial charge is 0.494 e. The van der Waals surface area contributed by atoms with Crippen LogP contribution in [0.3, 0.4) is 0 Å². The molecule has 0 unspecified atom stereocenters. The molecule has 0 heterocycles. The van der Waals surface area contributed by atoms with Crippen molar-refractivity contribution < 1.29 is 23.1 Å². The summed E-state index contributed by atoms with van der Waals surface area (Å²) in [6, 6.07) is 26.6. The smallest absolute Gasteiger partial charge is 0.273 e. The minimum Gasteiger partial charge on any atom is -0.494 e. The van der Waals surface area contributed by atoms with Crippen LogP contribution in [0.15, 0.2) is 72.8 Å². The molecule has 0 bridgehead atoms. The van der Waals surface area contributed by atoms with Gasteiger partial charge in [0, 0.05) is 0 Å². The van der Waals surface area contributed by atoms with Crippen molar-refractivity contribution in [1.29, 1.82) is 0 Å². The van der Waals surface area contributed by atoms with E-state index in [-0.39, 0.29) is 21.7 Å². The highest BCUT2D eigenvalue weighted by Gasteiger charge is 2.39. The van der Waals surface area contributed by atoms with Gasteiger partial charge in [0.25, 0.3) is 18.1 Å². The fraction of sp³-hybridized carbons (Fsp3) is 0.500. The van der Waals surface area contributed by atoms with Gasteiger partial charge in [-0.05, 0) is 141 Å². The van der Waals surface area contributed by atoms with E-state index >= 15 is 0 Å². The maximum Gasteiger partial charge on any atom is 0.273 e. The van der Waals surface area contributed by atoms with Crippen LogP contribution in [-0.2, 0) is 25.8 Å². The first kappa shape index (κ1) is 44.2. The van der Waals surface area contributed by atoms with E-state index in [2.05, 4.69) is 156 Å². The molecule has 4 aromatic rings. The van der Waals surface area contributed by atoms with E-state index in [1.54, 1.807) is 0 Å². The zero-order valence-corrected chi connectivity index (χ0v) is 38.8. The highest BCUT2D eigenvalue weighted by molar-refractivity contribution is 6.92. The molecular weight excluding hydrogens is 713 g/mol. The van der Waals surface area contributed by atoms with Crippen molar-refractivity contribution in [3.63, 3.8) is 0 Å². The van der Waals surface area contributed by atoms with Crippen molar-refractivity contribution in [2.24, 2.45) is 0 Å². The van der Waals surface area contributed by atoms with Crippen molar-refractivity contribution >= 4 is 38.8 Å². The second kappa shape index (κ2) is 17.7. The lowest BCUT2D eigenvalue weighted by molar-refractivity contribution is 0.340. The minimum absolute atomic E-state index is 0.164. The monoisotopic (exact) mass is 780 g/mol. The van der Waals surface area contributed by atoms with Gasteiger partial charge in [0.05, 0.1) is 26.4 Å². The first-order chi connectivity index (χ1) is 25.6. The van der Waals surface area contributed by atoms with Crippen LogP contribution in [0.2, 0.25) is 0 Å². The molecule has 0 aromatic heterocycles. The fourth-order valence-electron chi connectivity index (χ4n) is 7.10. The summed E-state index contributed by atoms with van der Waals surface area (Å²) in [5, 5.41) is 4.78. The third kappa shape index (κ3) is 10.9. The average molecular weight is 781 g/mol. The molecule has 0 atom stereocenters. The molecule has 298 valence electrons. The topological polar surface area (TPSA) is 46.2 Å². The Morgan fingerprint density at radius 1 is 0.345 bits per heavy atom. The lowest BCUT2D eigenvalue weighted by atomic mass is 9.86. The van der Waals surface area contributed by atoms with Crippen LogP contribution in [0.1, 0.15) is 133 Å². The van der Waals surface area contributed by atoms with E-state index in [0.29, 0.717) is 26.4 Å². The Hall–Kier alpha value is -3.53. The maximum atomic E-state index is 8.25. The molecule has 0 amide bonds. The molecule has 0 aliphatic carbocycles. The van der Waals surface area contributed by atoms with Crippen molar-refractivity contribution in [1.82, 2.24) is 0 Å². The standard InChI is InChI=1S/C48H68O5Si2/c1-17-49-33-21-25-37(45(5,6)7)41(29-33)54(42-30-34(50-18-2)22-26-38(42)46(8,9)10)53-55(43-31-35(51-19-3)23-27-39(43)47(11,12)13)44-32-36(52-20-4)24-28-40(44)48(14,15)16/h21-32H,17-20H2,1-16H3. The SMILES string of the molecule is CCOc1ccc(C(C)(C)C)c([Si](O[Si](c2cc(OCC)ccc2C(C)(C)C)c2cc(OCC)ccc2C(C)(C)C)c2cc(OCC)ccc2C(C)(C)C)c1. The predicted octanol–water partition coefficient (Wildman–Crippen LogP) is 9.40. The fourth-order valence-corrected chi connectivity index (χ4v) is 14.2. The van der Waals surface area contributed by atoms with Crippen LogP contribution >= 0.6 is 0 Å². The van der Waals surface area contributed by atoms with Gasteiger partial charge in [0.2, 0.25) is 0 Å². The number of rotatable bonds is 14. The Balaban J connectivity index is 2.27. The van der Waals surface area contributed by atoms with Gasteiger partial charge in [-0.25, -0.2) is 0 Å². The lowest BCUT2D eigenvalue weighted by Crippen LogP contribution is -2.60. The Kier molecular flexibility index (Phi) is 14.2. The first-order valence-electron chi connectivity index (χ1n) is 20.2. The molecule has 0 fully saturated rings. The maximum absolute atomic E-state index is 8.25. The summed E-state index contributed by atoms with van der Waals surface area (Å²) in [5.41, 5.74) is 4.37. The predicted molar refractivity (Wildman–Crippen MR) is 236 cm³/mol. The molecule has 0 N–H and O–H groups in total. The van der Waals surface area contributed by atoms with Crippen molar-refractivity contribution in [3.05, 3.63) is 95.1 Å². The summed E-state index contributed by atoms with van der Waals surface area (Å²) >= 11 is 0. The quantitative estimate of drug-likeness (QED) is 0.119. The Labute approximate surface area is 337 Å². The van der Waals surface area contributed by atoms with Crippen LogP contribution in [0.5, 0.6) is 23.0 Å². The molecule has 0 spiro atoms. The Morgan fingerprint density at radius 2 is 0.545 bits per heavy atom. The van der Waals surface area contributed by atoms with Gasteiger partial charge in [-0.3, -0.25) is 0 Å². The third-order valence-electron chi connectivity index (χ3n) is 9.62. The molecule has 55 heavy (non-hydrogen) atoms. The van der Waals surface area contributed by atoms with Crippen molar-refractivity contribution in [2.45, 2.75) is 132 Å². The molecule has 5 nitrogen and oxygen atoms in total. The first-order valence-corrected chi connectivity index (χ1v) is 23.0. The van der Waals surface area contributed by atoms with Gasteiger partial charge in [-0.1, -0.05) is 107 Å². The number of hydrogen-bond donors (Lipinski definition) is 0. The van der Waals surface area contributed by atoms with Crippen molar-refractivity contribution in [3.8, 4) is 23.0 Å². The van der Waals surface area contributed by atoms with Crippen molar-refractivity contribution in [2.75, 3.05) is 26.4 Å². The van der Waals surface area contributed by atoms with Crippen LogP contribution in [-0.4, -0.2) is 44.5 Å². The zero-order valence-electron chi connectivity index (χ0n) is 36.8. The van der Waals surface area contributed by atoms with Crippen LogP contribution < -0.4 is 39.7 Å². The Bertz CT molecular complexity index is 1620. The molecular formula is C48H68O5Si2. The second-order valence-electron chi connectivity index (χ2n) is 18.3. The van der Waals surface area contributed by atoms with E-state index in [1.807, 2.05) is 27.7 Å². The van der Waals surface area contributed by atoms with E-state index in [9.17, 15) is 0 Å². The summed E-state index contributed by atoms with van der Waals surface area (Å²) in [5.74, 6) is 3.41. The Morgan fingerprint density at radius 3 is 0.709 bits per heavy atom. The lowest BCUT2D eigenvalue weighted by Gasteiger charge is -2.35. The van der Waals surface area contributed by atoms with Crippen LogP contribution in [0, 0.1) is 0 Å². The molecule has 2 radical (unpaired) electrons. The normalized spacial score (nSPS) is 12.7. The summed E-state index contributed by atoms with van der Waals surface area (Å²) in [6.07, 6.45) is 0. The molecule has 0 saturated carbocycles. The minimum atomic E-state index is -2.07. The molecule has 0 aliphatic rings. The van der Waals surface area contributed by atoms with Crippen LogP contribution in [0.25, 0.3) is 0 Å². The molecule has 4 rings (SSSR count). The number of benzene rings is 4. The number of ether oxygens (including phenoxy) is 4. The highest BCUT2D eigenvalue weighted by atomic mass is 28.4. The summed E-state index contributed by atoms with van der Waals surface area (Å²) in [4.78, 5) is 0. The molecule has 4 aromatic carbocycles. The van der Waals surface area contributed by atoms with E-state index in [0.717, 1.165) is 23.0 Å². The van der Waals surface area contributed by atoms with E-state index in [4.69, 9.17) is 23.1 Å². The summed E-state index contributed by atoms with van der Waals surface area (Å²) < 4.78 is 33.3. The van der Waals surface area contributed by atoms with Gasteiger partial charge >= 0.3 is 0 Å². The second-order valence-corrected chi connectivity index (χ2v) is 22.6. The summed E-state index contributed by atoms with van der Waals surface area (Å²) in [6.45, 7) is 38.1. The highest BCUT2D eigenvalue weighted by Crippen LogP contribution is 2.31. The zero-order chi connectivity index (χ0) is 40.9. The molecule has 0 saturated heterocycles. The van der Waals surface area contributed by atoms with Gasteiger partial charge < -0.3 is 23.1 Å². The number of hydrogen-bond acceptors (Lipinski definition) is 5. The summed E-state index contributed by atoms with van der Waals surface area (Å²) in [7, 11) is -4.13.